The molecule has 2 aromatic rings. The SMILES string of the molecule is CN[C@H](C(=O)NC(C(=O)N(C)[C@H](/C=C(\C)C(=O)N[C@@H](CCC(=O)NCCN1C(=O)CC(SC[C@H](N)C(=O)O)C1=O)C(=O)O)C(C)C)C(C)(C)C)C(C)(C)c1cn(C)c2ccccc12. The normalized spacial score (nSPS) is 17.3. The maximum Gasteiger partial charge on any atom is 0.326 e. The van der Waals surface area contributed by atoms with E-state index in [1.807, 2.05) is 90.5 Å². The van der Waals surface area contributed by atoms with Gasteiger partial charge in [-0.3, -0.25) is 38.5 Å². The number of likely N-dealkylation sites (tertiary alicyclic amines) is 1. The van der Waals surface area contributed by atoms with E-state index in [1.54, 1.807) is 20.2 Å². The molecule has 18 nitrogen and oxygen atoms in total. The summed E-state index contributed by atoms with van der Waals surface area (Å²) >= 11 is 0.976. The number of aromatic nitrogens is 1. The number of imide groups is 1. The summed E-state index contributed by atoms with van der Waals surface area (Å²) in [6, 6.07) is 2.99. The van der Waals surface area contributed by atoms with Crippen molar-refractivity contribution in [3.05, 3.63) is 47.7 Å². The summed E-state index contributed by atoms with van der Waals surface area (Å²) in [5.74, 6) is -5.88. The third kappa shape index (κ3) is 13.1. The maximum absolute atomic E-state index is 14.4. The third-order valence-corrected chi connectivity index (χ3v) is 12.8. The van der Waals surface area contributed by atoms with Crippen LogP contribution in [0.4, 0.5) is 0 Å². The first-order chi connectivity index (χ1) is 29.2. The van der Waals surface area contributed by atoms with E-state index in [4.69, 9.17) is 10.8 Å². The number of para-hydroxylation sites is 1. The topological polar surface area (TPSA) is 263 Å². The molecule has 1 saturated heterocycles. The maximum atomic E-state index is 14.4. The average molecular weight is 899 g/mol. The van der Waals surface area contributed by atoms with E-state index < -0.39 is 81.9 Å². The van der Waals surface area contributed by atoms with E-state index in [1.165, 1.54) is 11.8 Å². The fourth-order valence-corrected chi connectivity index (χ4v) is 8.76. The van der Waals surface area contributed by atoms with Gasteiger partial charge in [0.2, 0.25) is 35.4 Å². The van der Waals surface area contributed by atoms with Crippen LogP contribution in [0.1, 0.15) is 80.2 Å². The highest BCUT2D eigenvalue weighted by Crippen LogP contribution is 2.35. The smallest absolute Gasteiger partial charge is 0.326 e. The van der Waals surface area contributed by atoms with Crippen LogP contribution in [0.25, 0.3) is 10.9 Å². The number of thioether (sulfide) groups is 1. The Bertz CT molecular complexity index is 2080. The first kappa shape index (κ1) is 52.1. The Balaban J connectivity index is 1.65. The number of fused-ring (bicyclic) bond motifs is 1. The molecule has 2 unspecified atom stereocenters. The van der Waals surface area contributed by atoms with Gasteiger partial charge in [-0.1, -0.05) is 72.7 Å². The molecule has 0 radical (unpaired) electrons. The number of carbonyl (C=O) groups is 8. The van der Waals surface area contributed by atoms with Gasteiger partial charge in [-0.15, -0.1) is 11.8 Å². The summed E-state index contributed by atoms with van der Waals surface area (Å²) in [5, 5.41) is 30.3. The van der Waals surface area contributed by atoms with E-state index in [9.17, 15) is 43.5 Å². The molecule has 19 heteroatoms. The molecule has 0 saturated carbocycles. The van der Waals surface area contributed by atoms with Crippen molar-refractivity contribution in [2.75, 3.05) is 32.9 Å². The van der Waals surface area contributed by atoms with Crippen LogP contribution in [0.15, 0.2) is 42.1 Å². The second-order valence-electron chi connectivity index (χ2n) is 18.1. The average Bonchev–Trinajstić information content (AvgIpc) is 3.69. The molecule has 1 aromatic carbocycles. The monoisotopic (exact) mass is 898 g/mol. The lowest BCUT2D eigenvalue weighted by atomic mass is 9.76. The highest BCUT2D eigenvalue weighted by Gasteiger charge is 2.43. The van der Waals surface area contributed by atoms with Crippen LogP contribution in [0.2, 0.25) is 0 Å². The molecule has 1 aliphatic heterocycles. The van der Waals surface area contributed by atoms with E-state index >= 15 is 0 Å². The number of aliphatic carboxylic acids is 2. The molecule has 3 rings (SSSR count). The van der Waals surface area contributed by atoms with Crippen LogP contribution < -0.4 is 27.0 Å². The molecule has 2 heterocycles. The van der Waals surface area contributed by atoms with Gasteiger partial charge in [0.15, 0.2) is 0 Å². The number of amides is 6. The molecule has 348 valence electrons. The number of aryl methyl sites for hydroxylation is 1. The number of hydrogen-bond acceptors (Lipinski definition) is 11. The van der Waals surface area contributed by atoms with Crippen molar-refractivity contribution < 1.29 is 48.6 Å². The fourth-order valence-electron chi connectivity index (χ4n) is 7.65. The van der Waals surface area contributed by atoms with Gasteiger partial charge in [-0.05, 0) is 43.4 Å². The van der Waals surface area contributed by atoms with Crippen LogP contribution in [-0.4, -0.2) is 140 Å². The lowest BCUT2D eigenvalue weighted by Crippen LogP contribution is -2.61. The number of likely N-dealkylation sites (N-methyl/N-ethyl adjacent to an activating group) is 2. The summed E-state index contributed by atoms with van der Waals surface area (Å²) in [6.45, 7) is 14.5. The molecular formula is C44H66N8O10S. The predicted octanol–water partition coefficient (Wildman–Crippen LogP) is 1.74. The van der Waals surface area contributed by atoms with Crippen LogP contribution in [0, 0.1) is 11.3 Å². The molecule has 6 atom stereocenters. The lowest BCUT2D eigenvalue weighted by Gasteiger charge is -2.39. The fraction of sp³-hybridized carbons (Fsp3) is 0.591. The zero-order valence-electron chi connectivity index (χ0n) is 38.2. The Hall–Kier alpha value is -5.27. The van der Waals surface area contributed by atoms with Crippen molar-refractivity contribution in [3.63, 3.8) is 0 Å². The number of hydrogen-bond donors (Lipinski definition) is 7. The summed E-state index contributed by atoms with van der Waals surface area (Å²) in [5.41, 5.74) is 6.19. The van der Waals surface area contributed by atoms with Gasteiger partial charge in [0.25, 0.3) is 0 Å². The highest BCUT2D eigenvalue weighted by atomic mass is 32.2. The number of rotatable bonds is 22. The second kappa shape index (κ2) is 21.9. The standard InChI is InChI=1S/C44H66N8O10S/c1-24(2)31(51(11)40(58)36(43(4,5)6)49-38(56)35(46-9)44(7,8)27-22-50(10)30-15-13-12-14-26(27)30)20-25(3)37(55)48-29(42(61)62)16-17-33(53)47-18-19-52-34(54)21-32(39(52)57)63-23-28(45)41(59)60/h12-15,20,22,24,28-29,31-32,35-36,46H,16-19,21,23,45H2,1-11H3,(H,47,53)(H,48,55)(H,49,56)(H,59,60)(H,61,62)/b25-20+/t28-,29-,31+,32?,35+,36?/m0/s1. The largest absolute Gasteiger partial charge is 0.480 e. The van der Waals surface area contributed by atoms with Crippen molar-refractivity contribution in [1.82, 2.24) is 35.6 Å². The molecular weight excluding hydrogens is 833 g/mol. The van der Waals surface area contributed by atoms with Gasteiger partial charge in [-0.2, -0.15) is 0 Å². The van der Waals surface area contributed by atoms with Crippen LogP contribution in [0.5, 0.6) is 0 Å². The quantitative estimate of drug-likeness (QED) is 0.0657. The van der Waals surface area contributed by atoms with Gasteiger partial charge in [0.05, 0.1) is 17.3 Å². The Kier molecular flexibility index (Phi) is 18.1. The van der Waals surface area contributed by atoms with Gasteiger partial charge in [-0.25, -0.2) is 4.79 Å². The summed E-state index contributed by atoms with van der Waals surface area (Å²) in [7, 11) is 5.26. The minimum atomic E-state index is -1.45. The van der Waals surface area contributed by atoms with E-state index in [0.717, 1.165) is 33.1 Å². The molecule has 1 aliphatic rings. The van der Waals surface area contributed by atoms with Crippen LogP contribution in [0.3, 0.4) is 0 Å². The minimum Gasteiger partial charge on any atom is -0.480 e. The van der Waals surface area contributed by atoms with Gasteiger partial charge in [0, 0.05) is 73.9 Å². The zero-order valence-corrected chi connectivity index (χ0v) is 39.1. The number of carboxylic acid groups (broad SMARTS) is 2. The minimum absolute atomic E-state index is 0.0564. The van der Waals surface area contributed by atoms with Crippen LogP contribution >= 0.6 is 11.8 Å². The predicted molar refractivity (Wildman–Crippen MR) is 240 cm³/mol. The highest BCUT2D eigenvalue weighted by molar-refractivity contribution is 8.00. The number of carboxylic acids is 2. The number of nitrogens with one attached hydrogen (secondary N) is 4. The summed E-state index contributed by atoms with van der Waals surface area (Å²) < 4.78 is 2.02. The molecule has 1 aromatic heterocycles. The molecule has 0 spiro atoms. The van der Waals surface area contributed by atoms with E-state index in [2.05, 4.69) is 21.3 Å². The van der Waals surface area contributed by atoms with Crippen molar-refractivity contribution in [2.45, 2.75) is 116 Å². The van der Waals surface area contributed by atoms with Gasteiger partial charge in [0.1, 0.15) is 18.1 Å². The first-order valence-corrected chi connectivity index (χ1v) is 22.0. The van der Waals surface area contributed by atoms with E-state index in [-0.39, 0.29) is 61.4 Å². The van der Waals surface area contributed by atoms with Gasteiger partial charge >= 0.3 is 11.9 Å². The molecule has 6 amide bonds. The number of nitrogens with zero attached hydrogens (tertiary/aromatic N) is 3. The zero-order chi connectivity index (χ0) is 47.7. The van der Waals surface area contributed by atoms with E-state index in [0.29, 0.717) is 0 Å². The second-order valence-corrected chi connectivity index (χ2v) is 19.3. The lowest BCUT2D eigenvalue weighted by molar-refractivity contribution is -0.142. The molecule has 0 aliphatic carbocycles. The Morgan fingerprint density at radius 2 is 1.63 bits per heavy atom. The van der Waals surface area contributed by atoms with Crippen molar-refractivity contribution in [2.24, 2.45) is 24.1 Å². The van der Waals surface area contributed by atoms with Gasteiger partial charge < -0.3 is 46.7 Å². The Labute approximate surface area is 373 Å². The number of benzene rings is 1. The Morgan fingerprint density at radius 1 is 1.00 bits per heavy atom. The summed E-state index contributed by atoms with van der Waals surface area (Å²) in [4.78, 5) is 105. The number of carbonyl (C=O) groups excluding carboxylic acids is 6. The number of nitrogens with two attached hydrogens (primary N) is 1. The Morgan fingerprint density at radius 3 is 2.21 bits per heavy atom. The first-order valence-electron chi connectivity index (χ1n) is 21.0. The van der Waals surface area contributed by atoms with Crippen molar-refractivity contribution in [1.29, 1.82) is 0 Å². The van der Waals surface area contributed by atoms with Crippen molar-refractivity contribution in [3.8, 4) is 0 Å². The van der Waals surface area contributed by atoms with Crippen LogP contribution in [-0.2, 0) is 50.8 Å². The molecule has 8 N–H and O–H groups in total. The summed E-state index contributed by atoms with van der Waals surface area (Å²) in [6.07, 6.45) is 2.91. The third-order valence-electron chi connectivity index (χ3n) is 11.4. The van der Waals surface area contributed by atoms with Crippen molar-refractivity contribution >= 4 is 70.0 Å². The molecule has 1 fully saturated rings. The molecule has 0 bridgehead atoms. The molecule has 63 heavy (non-hydrogen) atoms.